The van der Waals surface area contributed by atoms with Gasteiger partial charge >= 0.3 is 19.1 Å². The summed E-state index contributed by atoms with van der Waals surface area (Å²) in [7, 11) is 1.94. The van der Waals surface area contributed by atoms with Crippen LogP contribution < -0.4 is 11.2 Å². The molecular weight excluding hydrogens is 361 g/mol. The van der Waals surface area contributed by atoms with Crippen molar-refractivity contribution < 1.29 is 28.4 Å². The average molecular weight is 385 g/mol. The second-order valence-electron chi connectivity index (χ2n) is 7.73. The second-order valence-corrected chi connectivity index (χ2v) is 7.73. The Kier molecular flexibility index (Phi) is 4.89. The fraction of sp³-hybridized carbons (Fsp3) is 0.400. The maximum atomic E-state index is 12.3. The number of anilines is 1. The Morgan fingerprint density at radius 3 is 1.61 bits per heavy atom. The lowest BCUT2D eigenvalue weighted by Crippen LogP contribution is -2.41. The number of nitrogens with two attached hydrogens (primary N) is 1. The maximum Gasteiger partial charge on any atom is 0.494 e. The van der Waals surface area contributed by atoms with Gasteiger partial charge < -0.3 is 24.5 Å². The Bertz CT molecular complexity index is 854. The highest BCUT2D eigenvalue weighted by atomic mass is 16.7. The molecule has 0 aromatic rings. The van der Waals surface area contributed by atoms with Crippen molar-refractivity contribution >= 4 is 30.2 Å². The fourth-order valence-corrected chi connectivity index (χ4v) is 3.23. The molecule has 2 aliphatic carbocycles. The predicted molar refractivity (Wildman–Crippen MR) is 106 cm³/mol. The molecule has 0 aromatic carbocycles. The summed E-state index contributed by atoms with van der Waals surface area (Å²) in [6.07, 6.45) is 0. The van der Waals surface area contributed by atoms with Crippen LogP contribution in [0.15, 0.2) is 24.3 Å². The van der Waals surface area contributed by atoms with E-state index in [1.807, 2.05) is 27.7 Å². The molecule has 0 atom stereocenters. The number of fused-ring (bicyclic) bond motifs is 1. The van der Waals surface area contributed by atoms with Crippen molar-refractivity contribution in [2.24, 2.45) is 0 Å². The minimum absolute atomic E-state index is 0.0390. The zero-order chi connectivity index (χ0) is 20.9. The van der Waals surface area contributed by atoms with E-state index in [4.69, 9.17) is 24.5 Å². The van der Waals surface area contributed by atoms with Crippen molar-refractivity contribution in [2.45, 2.75) is 38.9 Å². The molecule has 8 heteroatoms. The first-order chi connectivity index (χ1) is 13.0. The van der Waals surface area contributed by atoms with E-state index >= 15 is 0 Å². The van der Waals surface area contributed by atoms with Crippen LogP contribution in [0.4, 0.5) is 5.69 Å². The first-order valence-corrected chi connectivity index (χ1v) is 8.91. The number of carbonyl (C=O) groups is 2. The third-order valence-electron chi connectivity index (χ3n) is 5.56. The highest BCUT2D eigenvalue weighted by Gasteiger charge is 2.51. The first kappa shape index (κ1) is 20.2. The molecule has 0 unspecified atom stereocenters. The molecule has 3 aliphatic rings. The number of carbonyl (C=O) groups excluding carboxylic acids is 2. The number of rotatable bonds is 3. The van der Waals surface area contributed by atoms with Gasteiger partial charge in [0.2, 0.25) is 0 Å². The summed E-state index contributed by atoms with van der Waals surface area (Å²) in [5, 5.41) is 0. The molecule has 1 heterocycles. The molecule has 0 spiro atoms. The van der Waals surface area contributed by atoms with Crippen molar-refractivity contribution in [1.82, 2.24) is 0 Å². The van der Waals surface area contributed by atoms with Crippen molar-refractivity contribution in [2.75, 3.05) is 20.0 Å². The molecule has 148 valence electrons. The van der Waals surface area contributed by atoms with Gasteiger partial charge in [-0.2, -0.15) is 0 Å². The summed E-state index contributed by atoms with van der Waals surface area (Å²) in [5.41, 5.74) is 7.16. The van der Waals surface area contributed by atoms with E-state index in [-0.39, 0.29) is 16.8 Å². The van der Waals surface area contributed by atoms with Gasteiger partial charge in [-0.15, -0.1) is 0 Å². The van der Waals surface area contributed by atoms with E-state index in [0.717, 1.165) is 5.46 Å². The standard InChI is InChI=1S/C20H24BNO6/c1-19(2)20(3,4)28-21(27-19)11-7-9-12-13(10-8-11)15(18(24)26-6)16(22)14(12)17(23)25-5/h7-10H,22H2,1-6H3. The molecule has 0 radical (unpaired) electrons. The van der Waals surface area contributed by atoms with Crippen LogP contribution in [-0.2, 0) is 18.8 Å². The lowest BCUT2D eigenvalue weighted by Gasteiger charge is -2.32. The van der Waals surface area contributed by atoms with E-state index in [9.17, 15) is 9.59 Å². The number of hydrogen-bond acceptors (Lipinski definition) is 7. The smallest absolute Gasteiger partial charge is 0.465 e. The highest BCUT2D eigenvalue weighted by Crippen LogP contribution is 2.40. The van der Waals surface area contributed by atoms with Gasteiger partial charge in [-0.05, 0) is 44.3 Å². The van der Waals surface area contributed by atoms with Crippen molar-refractivity contribution in [1.29, 1.82) is 0 Å². The van der Waals surface area contributed by atoms with Gasteiger partial charge in [-0.25, -0.2) is 9.59 Å². The SMILES string of the molecule is COC(=O)c1c2ccc(B3OC(C)(C)C(C)(C)O3)ccc-2c(C(=O)OC)c1N. The Labute approximate surface area is 164 Å². The van der Waals surface area contributed by atoms with Crippen molar-refractivity contribution in [3.63, 3.8) is 0 Å². The van der Waals surface area contributed by atoms with Crippen LogP contribution in [-0.4, -0.2) is 44.5 Å². The minimum Gasteiger partial charge on any atom is -0.465 e. The van der Waals surface area contributed by atoms with Gasteiger partial charge in [-0.1, -0.05) is 24.3 Å². The van der Waals surface area contributed by atoms with Gasteiger partial charge in [0, 0.05) is 0 Å². The van der Waals surface area contributed by atoms with E-state index in [1.54, 1.807) is 24.3 Å². The van der Waals surface area contributed by atoms with E-state index in [2.05, 4.69) is 0 Å². The van der Waals surface area contributed by atoms with Crippen LogP contribution in [0.25, 0.3) is 11.1 Å². The molecule has 3 rings (SSSR count). The van der Waals surface area contributed by atoms with Crippen LogP contribution in [0, 0.1) is 0 Å². The zero-order valence-electron chi connectivity index (χ0n) is 16.9. The summed E-state index contributed by atoms with van der Waals surface area (Å²) >= 11 is 0. The van der Waals surface area contributed by atoms with Crippen molar-refractivity contribution in [3.05, 3.63) is 35.4 Å². The predicted octanol–water partition coefficient (Wildman–Crippen LogP) is 2.25. The Hall–Kier alpha value is -2.58. The minimum atomic E-state index is -0.624. The van der Waals surface area contributed by atoms with Gasteiger partial charge in [0.05, 0.1) is 42.2 Å². The van der Waals surface area contributed by atoms with Crippen molar-refractivity contribution in [3.8, 4) is 11.1 Å². The van der Waals surface area contributed by atoms with Crippen LogP contribution in [0.1, 0.15) is 48.4 Å². The Morgan fingerprint density at radius 1 is 0.857 bits per heavy atom. The van der Waals surface area contributed by atoms with Crippen LogP contribution in [0.2, 0.25) is 0 Å². The molecule has 0 aromatic heterocycles. The summed E-state index contributed by atoms with van der Waals surface area (Å²) in [6.45, 7) is 7.88. The van der Waals surface area contributed by atoms with E-state index in [1.165, 1.54) is 14.2 Å². The summed E-state index contributed by atoms with van der Waals surface area (Å²) in [5.74, 6) is -1.25. The maximum absolute atomic E-state index is 12.3. The summed E-state index contributed by atoms with van der Waals surface area (Å²) < 4.78 is 21.9. The van der Waals surface area contributed by atoms with Crippen LogP contribution >= 0.6 is 0 Å². The number of ether oxygens (including phenoxy) is 2. The van der Waals surface area contributed by atoms with Gasteiger partial charge in [0.25, 0.3) is 0 Å². The van der Waals surface area contributed by atoms with Gasteiger partial charge in [-0.3, -0.25) is 0 Å². The third-order valence-corrected chi connectivity index (χ3v) is 5.56. The summed E-state index contributed by atoms with van der Waals surface area (Å²) in [4.78, 5) is 24.6. The molecular formula is C20H24BNO6. The number of hydrogen-bond donors (Lipinski definition) is 1. The molecule has 0 saturated carbocycles. The van der Waals surface area contributed by atoms with Crippen LogP contribution in [0.3, 0.4) is 0 Å². The first-order valence-electron chi connectivity index (χ1n) is 8.91. The number of nitrogen functional groups attached to an aromatic ring is 1. The Balaban J connectivity index is 2.16. The Morgan fingerprint density at radius 2 is 1.25 bits per heavy atom. The molecule has 28 heavy (non-hydrogen) atoms. The molecule has 0 bridgehead atoms. The van der Waals surface area contributed by atoms with Gasteiger partial charge in [0.15, 0.2) is 0 Å². The lowest BCUT2D eigenvalue weighted by atomic mass is 9.80. The third kappa shape index (κ3) is 3.02. The number of esters is 2. The summed E-state index contributed by atoms with van der Waals surface area (Å²) in [6, 6.07) is 7.00. The number of methoxy groups -OCH3 is 2. The largest absolute Gasteiger partial charge is 0.494 e. The van der Waals surface area contributed by atoms with Crippen LogP contribution in [0.5, 0.6) is 0 Å². The molecule has 1 fully saturated rings. The molecule has 1 aliphatic heterocycles. The average Bonchev–Trinajstić information content (AvgIpc) is 2.90. The normalized spacial score (nSPS) is 17.6. The van der Waals surface area contributed by atoms with Gasteiger partial charge in [0.1, 0.15) is 0 Å². The lowest BCUT2D eigenvalue weighted by molar-refractivity contribution is 0.00578. The second kappa shape index (κ2) is 6.79. The van der Waals surface area contributed by atoms with E-state index in [0.29, 0.717) is 11.1 Å². The highest BCUT2D eigenvalue weighted by molar-refractivity contribution is 6.62. The molecule has 7 nitrogen and oxygen atoms in total. The molecule has 2 N–H and O–H groups in total. The van der Waals surface area contributed by atoms with E-state index < -0.39 is 30.3 Å². The topological polar surface area (TPSA) is 97.1 Å². The molecule has 1 saturated heterocycles. The quantitative estimate of drug-likeness (QED) is 0.639. The fourth-order valence-electron chi connectivity index (χ4n) is 3.23. The zero-order valence-corrected chi connectivity index (χ0v) is 16.9. The monoisotopic (exact) mass is 385 g/mol. The molecule has 0 amide bonds.